The predicted molar refractivity (Wildman–Crippen MR) is 92.3 cm³/mol. The lowest BCUT2D eigenvalue weighted by molar-refractivity contribution is 0.102. The second-order valence-electron chi connectivity index (χ2n) is 5.37. The fourth-order valence-electron chi connectivity index (χ4n) is 2.59. The number of aromatic amines is 1. The van der Waals surface area contributed by atoms with Gasteiger partial charge in [0, 0.05) is 28.2 Å². The number of fused-ring (bicyclic) bond motifs is 1. The maximum atomic E-state index is 12.6. The molecule has 0 unspecified atom stereocenters. The number of rotatable bonds is 3. The highest BCUT2D eigenvalue weighted by molar-refractivity contribution is 6.12. The van der Waals surface area contributed by atoms with Gasteiger partial charge in [0.05, 0.1) is 5.56 Å². The molecule has 7 heteroatoms. The molecule has 4 aromatic rings. The fraction of sp³-hybridized carbons (Fsp3) is 0. The van der Waals surface area contributed by atoms with Crippen LogP contribution in [0.2, 0.25) is 0 Å². The second kappa shape index (κ2) is 6.04. The van der Waals surface area contributed by atoms with Crippen molar-refractivity contribution in [2.24, 2.45) is 0 Å². The number of anilines is 1. The Hall–Kier alpha value is -3.74. The van der Waals surface area contributed by atoms with Crippen molar-refractivity contribution >= 4 is 22.5 Å². The Morgan fingerprint density at radius 1 is 1.08 bits per heavy atom. The lowest BCUT2D eigenvalue weighted by Crippen LogP contribution is -2.16. The molecule has 0 fully saturated rings. The molecule has 2 aromatic heterocycles. The molecule has 0 saturated heterocycles. The monoisotopic (exact) mass is 332 g/mol. The van der Waals surface area contributed by atoms with Crippen LogP contribution in [0.25, 0.3) is 22.4 Å². The number of nitrogens with one attached hydrogen (secondary N) is 2. The molecule has 0 aliphatic rings. The van der Waals surface area contributed by atoms with E-state index in [2.05, 4.69) is 20.5 Å². The molecule has 2 heterocycles. The molecule has 0 spiro atoms. The van der Waals surface area contributed by atoms with Crippen molar-refractivity contribution in [3.63, 3.8) is 0 Å². The molecule has 0 radical (unpaired) electrons. The van der Waals surface area contributed by atoms with Crippen LogP contribution in [0.15, 0.2) is 70.2 Å². The summed E-state index contributed by atoms with van der Waals surface area (Å²) in [5.41, 5.74) is 1.96. The smallest absolute Gasteiger partial charge is 0.256 e. The molecule has 7 nitrogen and oxygen atoms in total. The standard InChI is InChI=1S/C18H12N4O3/c23-16-9-14(13-3-1-2-4-15(13)21-16)17(24)20-12-7-5-11(6-8-12)18-22-19-10-25-18/h1-10H,(H,20,24)(H,21,23). The summed E-state index contributed by atoms with van der Waals surface area (Å²) in [4.78, 5) is 27.1. The zero-order valence-corrected chi connectivity index (χ0v) is 12.9. The number of hydrogen-bond acceptors (Lipinski definition) is 5. The maximum absolute atomic E-state index is 12.6. The Labute approximate surface area is 141 Å². The number of pyridine rings is 1. The van der Waals surface area contributed by atoms with E-state index in [9.17, 15) is 9.59 Å². The molecule has 1 amide bonds. The van der Waals surface area contributed by atoms with Crippen LogP contribution >= 0.6 is 0 Å². The minimum absolute atomic E-state index is 0.320. The first kappa shape index (κ1) is 14.8. The lowest BCUT2D eigenvalue weighted by Gasteiger charge is -2.08. The molecule has 0 aliphatic carbocycles. The van der Waals surface area contributed by atoms with Crippen LogP contribution in [0.4, 0.5) is 5.69 Å². The van der Waals surface area contributed by atoms with Crippen LogP contribution in [-0.4, -0.2) is 21.1 Å². The van der Waals surface area contributed by atoms with Crippen molar-refractivity contribution in [2.45, 2.75) is 0 Å². The molecule has 25 heavy (non-hydrogen) atoms. The minimum Gasteiger partial charge on any atom is -0.423 e. The Morgan fingerprint density at radius 2 is 1.88 bits per heavy atom. The first-order valence-electron chi connectivity index (χ1n) is 7.51. The van der Waals surface area contributed by atoms with Gasteiger partial charge in [0.2, 0.25) is 17.8 Å². The third-order valence-electron chi connectivity index (χ3n) is 3.74. The Kier molecular flexibility index (Phi) is 3.59. The number of benzene rings is 2. The molecule has 4 rings (SSSR count). The molecule has 0 atom stereocenters. The fourth-order valence-corrected chi connectivity index (χ4v) is 2.59. The van der Waals surface area contributed by atoms with Crippen LogP contribution in [0, 0.1) is 0 Å². The minimum atomic E-state index is -0.354. The van der Waals surface area contributed by atoms with Gasteiger partial charge in [0.1, 0.15) is 0 Å². The predicted octanol–water partition coefficient (Wildman–Crippen LogP) is 2.83. The van der Waals surface area contributed by atoms with Crippen LogP contribution in [0.3, 0.4) is 0 Å². The van der Waals surface area contributed by atoms with E-state index in [4.69, 9.17) is 4.42 Å². The number of amides is 1. The quantitative estimate of drug-likeness (QED) is 0.601. The van der Waals surface area contributed by atoms with Crippen molar-refractivity contribution in [2.75, 3.05) is 5.32 Å². The van der Waals surface area contributed by atoms with E-state index < -0.39 is 0 Å². The topological polar surface area (TPSA) is 101 Å². The van der Waals surface area contributed by atoms with E-state index in [0.717, 1.165) is 5.56 Å². The van der Waals surface area contributed by atoms with Crippen molar-refractivity contribution in [1.29, 1.82) is 0 Å². The summed E-state index contributed by atoms with van der Waals surface area (Å²) < 4.78 is 5.12. The van der Waals surface area contributed by atoms with E-state index in [1.54, 1.807) is 42.5 Å². The third kappa shape index (κ3) is 2.90. The van der Waals surface area contributed by atoms with Gasteiger partial charge in [-0.3, -0.25) is 9.59 Å². The molecule has 122 valence electrons. The van der Waals surface area contributed by atoms with Crippen LogP contribution < -0.4 is 10.9 Å². The van der Waals surface area contributed by atoms with E-state index in [-0.39, 0.29) is 11.5 Å². The van der Waals surface area contributed by atoms with Gasteiger partial charge in [-0.1, -0.05) is 18.2 Å². The SMILES string of the molecule is O=C(Nc1ccc(-c2nnco2)cc1)c1cc(=O)[nH]c2ccccc12. The summed E-state index contributed by atoms with van der Waals surface area (Å²) >= 11 is 0. The van der Waals surface area contributed by atoms with Crippen LogP contribution in [-0.2, 0) is 0 Å². The van der Waals surface area contributed by atoms with Gasteiger partial charge in [0.25, 0.3) is 5.91 Å². The average Bonchev–Trinajstić information content (AvgIpc) is 3.16. The molecule has 2 aromatic carbocycles. The summed E-state index contributed by atoms with van der Waals surface area (Å²) in [6.07, 6.45) is 1.25. The number of carbonyl (C=O) groups is 1. The first-order valence-corrected chi connectivity index (χ1v) is 7.51. The normalized spacial score (nSPS) is 10.7. The maximum Gasteiger partial charge on any atom is 0.256 e. The van der Waals surface area contributed by atoms with E-state index >= 15 is 0 Å². The number of nitrogens with zero attached hydrogens (tertiary/aromatic N) is 2. The van der Waals surface area contributed by atoms with Crippen LogP contribution in [0.1, 0.15) is 10.4 Å². The van der Waals surface area contributed by atoms with Gasteiger partial charge < -0.3 is 14.7 Å². The van der Waals surface area contributed by atoms with E-state index in [1.165, 1.54) is 12.5 Å². The molecule has 0 bridgehead atoms. The number of H-pyrrole nitrogens is 1. The van der Waals surface area contributed by atoms with Crippen LogP contribution in [0.5, 0.6) is 0 Å². The first-order chi connectivity index (χ1) is 12.2. The number of hydrogen-bond donors (Lipinski definition) is 2. The Balaban J connectivity index is 1.63. The lowest BCUT2D eigenvalue weighted by atomic mass is 10.1. The summed E-state index contributed by atoms with van der Waals surface area (Å²) in [5, 5.41) is 10.9. The molecule has 2 N–H and O–H groups in total. The largest absolute Gasteiger partial charge is 0.423 e. The average molecular weight is 332 g/mol. The zero-order chi connectivity index (χ0) is 17.2. The van der Waals surface area contributed by atoms with Gasteiger partial charge in [-0.25, -0.2) is 0 Å². The van der Waals surface area contributed by atoms with E-state index in [0.29, 0.717) is 28.0 Å². The molecular formula is C18H12N4O3. The highest BCUT2D eigenvalue weighted by Gasteiger charge is 2.12. The number of aromatic nitrogens is 3. The summed E-state index contributed by atoms with van der Waals surface area (Å²) in [5.74, 6) is 0.0475. The zero-order valence-electron chi connectivity index (χ0n) is 12.9. The van der Waals surface area contributed by atoms with Gasteiger partial charge in [-0.15, -0.1) is 10.2 Å². The van der Waals surface area contributed by atoms with Crippen molar-refractivity contribution < 1.29 is 9.21 Å². The van der Waals surface area contributed by atoms with Gasteiger partial charge in [0.15, 0.2) is 0 Å². The van der Waals surface area contributed by atoms with Gasteiger partial charge in [-0.2, -0.15) is 0 Å². The summed E-state index contributed by atoms with van der Waals surface area (Å²) in [7, 11) is 0. The second-order valence-corrected chi connectivity index (χ2v) is 5.37. The highest BCUT2D eigenvalue weighted by atomic mass is 16.4. The number of para-hydroxylation sites is 1. The van der Waals surface area contributed by atoms with E-state index in [1.807, 2.05) is 6.07 Å². The molecule has 0 aliphatic heterocycles. The highest BCUT2D eigenvalue weighted by Crippen LogP contribution is 2.20. The Bertz CT molecular complexity index is 1100. The number of carbonyl (C=O) groups excluding carboxylic acids is 1. The van der Waals surface area contributed by atoms with Crippen molar-refractivity contribution in [3.05, 3.63) is 76.9 Å². The van der Waals surface area contributed by atoms with Gasteiger partial charge in [-0.05, 0) is 30.3 Å². The molecular weight excluding hydrogens is 320 g/mol. The third-order valence-corrected chi connectivity index (χ3v) is 3.74. The summed E-state index contributed by atoms with van der Waals surface area (Å²) in [6, 6.07) is 15.4. The van der Waals surface area contributed by atoms with Gasteiger partial charge >= 0.3 is 0 Å². The summed E-state index contributed by atoms with van der Waals surface area (Å²) in [6.45, 7) is 0. The van der Waals surface area contributed by atoms with Crippen molar-refractivity contribution in [3.8, 4) is 11.5 Å². The Morgan fingerprint density at radius 3 is 2.64 bits per heavy atom. The molecule has 0 saturated carbocycles. The van der Waals surface area contributed by atoms with Crippen molar-refractivity contribution in [1.82, 2.24) is 15.2 Å².